The van der Waals surface area contributed by atoms with Gasteiger partial charge >= 0.3 is 0 Å². The third-order valence-corrected chi connectivity index (χ3v) is 2.39. The van der Waals surface area contributed by atoms with Gasteiger partial charge in [0.1, 0.15) is 0 Å². The molecule has 0 bridgehead atoms. The van der Waals surface area contributed by atoms with E-state index in [0.29, 0.717) is 0 Å². The van der Waals surface area contributed by atoms with Gasteiger partial charge in [-0.05, 0) is 12.0 Å². The minimum Gasteiger partial charge on any atom is -0.349 e. The van der Waals surface area contributed by atoms with E-state index < -0.39 is 0 Å². The van der Waals surface area contributed by atoms with Crippen LogP contribution in [0.25, 0.3) is 5.70 Å². The summed E-state index contributed by atoms with van der Waals surface area (Å²) in [6.45, 7) is 10.1. The molecule has 1 nitrogen and oxygen atoms in total. The molecule has 0 aliphatic rings. The zero-order valence-corrected chi connectivity index (χ0v) is 8.96. The van der Waals surface area contributed by atoms with Gasteiger partial charge in [-0.15, -0.1) is 0 Å². The highest BCUT2D eigenvalue weighted by molar-refractivity contribution is 5.62. The number of hydrogen-bond donors (Lipinski definition) is 0. The fourth-order valence-corrected chi connectivity index (χ4v) is 1.25. The van der Waals surface area contributed by atoms with E-state index in [1.54, 1.807) is 0 Å². The van der Waals surface area contributed by atoms with Crippen molar-refractivity contribution < 1.29 is 0 Å². The molecule has 0 aromatic heterocycles. The van der Waals surface area contributed by atoms with Crippen molar-refractivity contribution >= 4 is 5.70 Å². The smallest absolute Gasteiger partial charge is 0.0406 e. The molecule has 0 spiro atoms. The minimum absolute atomic E-state index is 0.947. The van der Waals surface area contributed by atoms with Gasteiger partial charge in [0.2, 0.25) is 0 Å². The van der Waals surface area contributed by atoms with Gasteiger partial charge in [0.15, 0.2) is 0 Å². The van der Waals surface area contributed by atoms with E-state index in [-0.39, 0.29) is 0 Å². The summed E-state index contributed by atoms with van der Waals surface area (Å²) in [7, 11) is 2.00. The standard InChI is InChI=1S/C13H17N/c1-5-11(2)14(4)12(3)13-9-7-6-8-10-13/h6-10H,2-3,5H2,1,4H3. The zero-order chi connectivity index (χ0) is 10.6. The van der Waals surface area contributed by atoms with E-state index in [1.807, 2.05) is 30.1 Å². The average molecular weight is 187 g/mol. The minimum atomic E-state index is 0.947. The van der Waals surface area contributed by atoms with E-state index >= 15 is 0 Å². The lowest BCUT2D eigenvalue weighted by Gasteiger charge is -2.23. The van der Waals surface area contributed by atoms with Gasteiger partial charge in [0.25, 0.3) is 0 Å². The van der Waals surface area contributed by atoms with Crippen LogP contribution in [-0.2, 0) is 0 Å². The Bertz CT molecular complexity index is 324. The summed E-state index contributed by atoms with van der Waals surface area (Å²) in [5.74, 6) is 0. The maximum atomic E-state index is 4.06. The quantitative estimate of drug-likeness (QED) is 0.697. The van der Waals surface area contributed by atoms with Gasteiger partial charge in [-0.25, -0.2) is 0 Å². The van der Waals surface area contributed by atoms with E-state index in [9.17, 15) is 0 Å². The number of allylic oxidation sites excluding steroid dienone is 1. The van der Waals surface area contributed by atoms with Gasteiger partial charge in [0.05, 0.1) is 0 Å². The van der Waals surface area contributed by atoms with Crippen LogP contribution in [0.1, 0.15) is 18.9 Å². The van der Waals surface area contributed by atoms with Crippen LogP contribution in [-0.4, -0.2) is 11.9 Å². The molecule has 0 atom stereocenters. The molecule has 74 valence electrons. The summed E-state index contributed by atoms with van der Waals surface area (Å²) in [5, 5.41) is 0. The summed E-state index contributed by atoms with van der Waals surface area (Å²) in [4.78, 5) is 2.04. The van der Waals surface area contributed by atoms with Crippen molar-refractivity contribution in [2.45, 2.75) is 13.3 Å². The first kappa shape index (κ1) is 10.6. The lowest BCUT2D eigenvalue weighted by atomic mass is 10.1. The van der Waals surface area contributed by atoms with Gasteiger partial charge < -0.3 is 4.90 Å². The molecule has 0 aliphatic heterocycles. The molecule has 0 fully saturated rings. The first-order valence-corrected chi connectivity index (χ1v) is 4.82. The van der Waals surface area contributed by atoms with E-state index in [1.165, 1.54) is 0 Å². The maximum absolute atomic E-state index is 4.06. The lowest BCUT2D eigenvalue weighted by molar-refractivity contribution is 0.576. The summed E-state index contributed by atoms with van der Waals surface area (Å²) < 4.78 is 0. The second-order valence-corrected chi connectivity index (χ2v) is 3.29. The molecule has 0 heterocycles. The van der Waals surface area contributed by atoms with Crippen LogP contribution < -0.4 is 0 Å². The molecule has 1 aromatic rings. The number of rotatable bonds is 4. The summed E-state index contributed by atoms with van der Waals surface area (Å²) in [6.07, 6.45) is 0.947. The number of hydrogen-bond acceptors (Lipinski definition) is 1. The largest absolute Gasteiger partial charge is 0.349 e. The highest BCUT2D eigenvalue weighted by Gasteiger charge is 2.05. The Hall–Kier alpha value is -1.50. The van der Waals surface area contributed by atoms with E-state index in [2.05, 4.69) is 32.2 Å². The summed E-state index contributed by atoms with van der Waals surface area (Å²) in [5.41, 5.74) is 3.22. The van der Waals surface area contributed by atoms with Crippen molar-refractivity contribution in [2.75, 3.05) is 7.05 Å². The normalized spacial score (nSPS) is 9.57. The maximum Gasteiger partial charge on any atom is 0.0406 e. The average Bonchev–Trinajstić information content (AvgIpc) is 2.27. The molecule has 1 rings (SSSR count). The van der Waals surface area contributed by atoms with Crippen LogP contribution in [0.5, 0.6) is 0 Å². The molecule has 0 amide bonds. The molecule has 1 heteroatoms. The highest BCUT2D eigenvalue weighted by atomic mass is 15.1. The van der Waals surface area contributed by atoms with E-state index in [4.69, 9.17) is 0 Å². The van der Waals surface area contributed by atoms with Gasteiger partial charge in [-0.2, -0.15) is 0 Å². The predicted octanol–water partition coefficient (Wildman–Crippen LogP) is 3.51. The van der Waals surface area contributed by atoms with Crippen LogP contribution in [0.4, 0.5) is 0 Å². The van der Waals surface area contributed by atoms with Crippen LogP contribution in [0, 0.1) is 0 Å². The van der Waals surface area contributed by atoms with Gasteiger partial charge in [-0.3, -0.25) is 0 Å². The fraction of sp³-hybridized carbons (Fsp3) is 0.231. The molecule has 0 radical (unpaired) electrons. The predicted molar refractivity (Wildman–Crippen MR) is 62.7 cm³/mol. The van der Waals surface area contributed by atoms with Crippen molar-refractivity contribution in [2.24, 2.45) is 0 Å². The molecular formula is C13H17N. The monoisotopic (exact) mass is 187 g/mol. The molecule has 0 saturated carbocycles. The molecule has 0 N–H and O–H groups in total. The number of benzene rings is 1. The van der Waals surface area contributed by atoms with Crippen molar-refractivity contribution in [3.05, 3.63) is 54.8 Å². The topological polar surface area (TPSA) is 3.24 Å². The SMILES string of the molecule is C=C(CC)N(C)C(=C)c1ccccc1. The Kier molecular flexibility index (Phi) is 3.52. The van der Waals surface area contributed by atoms with Crippen molar-refractivity contribution in [3.8, 4) is 0 Å². The zero-order valence-electron chi connectivity index (χ0n) is 8.96. The van der Waals surface area contributed by atoms with Gasteiger partial charge in [-0.1, -0.05) is 50.4 Å². The fourth-order valence-electron chi connectivity index (χ4n) is 1.25. The van der Waals surface area contributed by atoms with Crippen molar-refractivity contribution in [1.29, 1.82) is 0 Å². The Balaban J connectivity index is 2.81. The van der Waals surface area contributed by atoms with Gasteiger partial charge in [0, 0.05) is 18.4 Å². The highest BCUT2D eigenvalue weighted by Crippen LogP contribution is 2.19. The van der Waals surface area contributed by atoms with Crippen molar-refractivity contribution in [3.63, 3.8) is 0 Å². The first-order valence-electron chi connectivity index (χ1n) is 4.82. The Labute approximate surface area is 86.4 Å². The molecular weight excluding hydrogens is 170 g/mol. The molecule has 1 aromatic carbocycles. The van der Waals surface area contributed by atoms with E-state index in [0.717, 1.165) is 23.4 Å². The molecule has 0 aliphatic carbocycles. The second-order valence-electron chi connectivity index (χ2n) is 3.29. The lowest BCUT2D eigenvalue weighted by Crippen LogP contribution is -2.14. The third-order valence-electron chi connectivity index (χ3n) is 2.39. The summed E-state index contributed by atoms with van der Waals surface area (Å²) >= 11 is 0. The Morgan fingerprint density at radius 2 is 1.79 bits per heavy atom. The second kappa shape index (κ2) is 4.66. The molecule has 0 unspecified atom stereocenters. The van der Waals surface area contributed by atoms with Crippen LogP contribution in [0.3, 0.4) is 0 Å². The summed E-state index contributed by atoms with van der Waals surface area (Å²) in [6, 6.07) is 10.2. The Morgan fingerprint density at radius 1 is 1.21 bits per heavy atom. The molecule has 14 heavy (non-hydrogen) atoms. The Morgan fingerprint density at radius 3 is 2.29 bits per heavy atom. The van der Waals surface area contributed by atoms with Crippen LogP contribution in [0.2, 0.25) is 0 Å². The van der Waals surface area contributed by atoms with Crippen molar-refractivity contribution in [1.82, 2.24) is 4.90 Å². The third kappa shape index (κ3) is 2.25. The molecule has 0 saturated heterocycles. The number of nitrogens with zero attached hydrogens (tertiary/aromatic N) is 1. The van der Waals surface area contributed by atoms with Crippen LogP contribution >= 0.6 is 0 Å². The van der Waals surface area contributed by atoms with Crippen LogP contribution in [0.15, 0.2) is 49.2 Å². The first-order chi connectivity index (χ1) is 6.66.